The largest absolute Gasteiger partial charge is 0.392 e. The highest BCUT2D eigenvalue weighted by atomic mass is 16.6. The molecule has 1 aromatic rings. The molecule has 1 aromatic carbocycles. The maximum absolute atomic E-state index is 10.6. The van der Waals surface area contributed by atoms with Gasteiger partial charge in [-0.25, -0.2) is 0 Å². The molecule has 104 valence electrons. The lowest BCUT2D eigenvalue weighted by Gasteiger charge is -2.36. The van der Waals surface area contributed by atoms with Gasteiger partial charge in [-0.1, -0.05) is 0 Å². The molecule has 0 aromatic heterocycles. The number of β-amino-alcohol motifs (C(OH)–C–C–N with tert-alkyl or cyclic N) is 1. The van der Waals surface area contributed by atoms with Crippen molar-refractivity contribution >= 4 is 11.4 Å². The summed E-state index contributed by atoms with van der Waals surface area (Å²) in [6.45, 7) is 6.07. The molecule has 1 saturated heterocycles. The predicted octanol–water partition coefficient (Wildman–Crippen LogP) is 1.10. The van der Waals surface area contributed by atoms with E-state index in [1.54, 1.807) is 19.1 Å². The second kappa shape index (κ2) is 5.99. The Balaban J connectivity index is 1.92. The van der Waals surface area contributed by atoms with Gasteiger partial charge in [-0.2, -0.15) is 0 Å². The van der Waals surface area contributed by atoms with Crippen molar-refractivity contribution in [2.24, 2.45) is 0 Å². The Hall–Kier alpha value is -1.66. The number of anilines is 1. The Bertz CT molecular complexity index is 425. The summed E-state index contributed by atoms with van der Waals surface area (Å²) >= 11 is 0. The Morgan fingerprint density at radius 2 is 1.84 bits per heavy atom. The maximum atomic E-state index is 10.6. The molecule has 0 unspecified atom stereocenters. The predicted molar refractivity (Wildman–Crippen MR) is 73.4 cm³/mol. The van der Waals surface area contributed by atoms with E-state index in [0.29, 0.717) is 6.54 Å². The first kappa shape index (κ1) is 13.8. The van der Waals surface area contributed by atoms with Crippen LogP contribution in [0.3, 0.4) is 0 Å². The third-order valence-corrected chi connectivity index (χ3v) is 3.32. The molecule has 1 aliphatic rings. The van der Waals surface area contributed by atoms with E-state index in [1.165, 1.54) is 12.1 Å². The number of hydrogen-bond donors (Lipinski definition) is 1. The van der Waals surface area contributed by atoms with Gasteiger partial charge < -0.3 is 10.0 Å². The lowest BCUT2D eigenvalue weighted by molar-refractivity contribution is -0.384. The van der Waals surface area contributed by atoms with Crippen molar-refractivity contribution in [2.75, 3.05) is 37.6 Å². The standard InChI is InChI=1S/C13H19N3O3/c1-11(17)10-14-6-8-15(9-7-14)12-2-4-13(5-3-12)16(18)19/h2-5,11,17H,6-10H2,1H3/t11-/m1/s1. The average molecular weight is 265 g/mol. The minimum atomic E-state index is -0.385. The number of nitro groups is 1. The average Bonchev–Trinajstić information content (AvgIpc) is 2.39. The SMILES string of the molecule is C[C@@H](O)CN1CCN(c2ccc([N+](=O)[O-])cc2)CC1. The lowest BCUT2D eigenvalue weighted by atomic mass is 10.2. The molecular formula is C13H19N3O3. The Labute approximate surface area is 112 Å². The van der Waals surface area contributed by atoms with E-state index in [-0.39, 0.29) is 16.7 Å². The summed E-state index contributed by atoms with van der Waals surface area (Å²) in [7, 11) is 0. The first-order valence-electron chi connectivity index (χ1n) is 6.46. The number of benzene rings is 1. The first-order chi connectivity index (χ1) is 9.06. The zero-order valence-corrected chi connectivity index (χ0v) is 11.0. The first-order valence-corrected chi connectivity index (χ1v) is 6.46. The zero-order chi connectivity index (χ0) is 13.8. The Kier molecular flexibility index (Phi) is 4.34. The molecule has 0 aliphatic carbocycles. The van der Waals surface area contributed by atoms with Crippen molar-refractivity contribution in [1.82, 2.24) is 4.90 Å². The Morgan fingerprint density at radius 3 is 2.32 bits per heavy atom. The molecule has 0 spiro atoms. The molecule has 0 saturated carbocycles. The van der Waals surface area contributed by atoms with E-state index in [2.05, 4.69) is 9.80 Å². The number of nitrogens with zero attached hydrogens (tertiary/aromatic N) is 3. The number of nitro benzene ring substituents is 1. The fourth-order valence-corrected chi connectivity index (χ4v) is 2.35. The second-order valence-corrected chi connectivity index (χ2v) is 4.91. The van der Waals surface area contributed by atoms with Crippen molar-refractivity contribution in [1.29, 1.82) is 0 Å². The van der Waals surface area contributed by atoms with Crippen LogP contribution in [0.15, 0.2) is 24.3 Å². The molecule has 19 heavy (non-hydrogen) atoms. The monoisotopic (exact) mass is 265 g/mol. The van der Waals surface area contributed by atoms with Gasteiger partial charge >= 0.3 is 0 Å². The van der Waals surface area contributed by atoms with Gasteiger partial charge in [0.2, 0.25) is 0 Å². The highest BCUT2D eigenvalue weighted by molar-refractivity contribution is 5.51. The van der Waals surface area contributed by atoms with E-state index >= 15 is 0 Å². The second-order valence-electron chi connectivity index (χ2n) is 4.91. The van der Waals surface area contributed by atoms with Crippen molar-refractivity contribution in [3.8, 4) is 0 Å². The molecule has 0 radical (unpaired) electrons. The Morgan fingerprint density at radius 1 is 1.26 bits per heavy atom. The minimum absolute atomic E-state index is 0.122. The number of rotatable bonds is 4. The number of non-ortho nitro benzene ring substituents is 1. The summed E-state index contributed by atoms with van der Waals surface area (Å²) in [6, 6.07) is 6.67. The van der Waals surface area contributed by atoms with Crippen LogP contribution in [0.25, 0.3) is 0 Å². The van der Waals surface area contributed by atoms with Gasteiger partial charge in [0.15, 0.2) is 0 Å². The number of aliphatic hydroxyl groups excluding tert-OH is 1. The fourth-order valence-electron chi connectivity index (χ4n) is 2.35. The van der Waals surface area contributed by atoms with Crippen LogP contribution in [0, 0.1) is 10.1 Å². The van der Waals surface area contributed by atoms with Gasteiger partial charge in [0.25, 0.3) is 5.69 Å². The van der Waals surface area contributed by atoms with Crippen LogP contribution in [0.4, 0.5) is 11.4 Å². The van der Waals surface area contributed by atoms with Gasteiger partial charge in [-0.15, -0.1) is 0 Å². The van der Waals surface area contributed by atoms with Gasteiger partial charge in [0, 0.05) is 50.5 Å². The van der Waals surface area contributed by atoms with Crippen LogP contribution in [-0.4, -0.2) is 53.8 Å². The van der Waals surface area contributed by atoms with Crippen molar-refractivity contribution < 1.29 is 10.0 Å². The van der Waals surface area contributed by atoms with Gasteiger partial charge in [-0.05, 0) is 19.1 Å². The third-order valence-electron chi connectivity index (χ3n) is 3.32. The zero-order valence-electron chi connectivity index (χ0n) is 11.0. The highest BCUT2D eigenvalue weighted by Crippen LogP contribution is 2.20. The van der Waals surface area contributed by atoms with Crippen LogP contribution in [0.2, 0.25) is 0 Å². The number of aliphatic hydroxyl groups is 1. The van der Waals surface area contributed by atoms with Crippen LogP contribution in [0.1, 0.15) is 6.92 Å². The minimum Gasteiger partial charge on any atom is -0.392 e. The molecule has 6 heteroatoms. The van der Waals surface area contributed by atoms with E-state index in [1.807, 2.05) is 0 Å². The summed E-state index contributed by atoms with van der Waals surface area (Å²) in [4.78, 5) is 14.7. The molecular weight excluding hydrogens is 246 g/mol. The van der Waals surface area contributed by atoms with Gasteiger partial charge in [0.1, 0.15) is 0 Å². The molecule has 1 aliphatic heterocycles. The van der Waals surface area contributed by atoms with Gasteiger partial charge in [0.05, 0.1) is 11.0 Å². The molecule has 0 bridgehead atoms. The fraction of sp³-hybridized carbons (Fsp3) is 0.538. The number of hydrogen-bond acceptors (Lipinski definition) is 5. The van der Waals surface area contributed by atoms with E-state index < -0.39 is 0 Å². The van der Waals surface area contributed by atoms with Crippen molar-refractivity contribution in [2.45, 2.75) is 13.0 Å². The van der Waals surface area contributed by atoms with Crippen LogP contribution >= 0.6 is 0 Å². The smallest absolute Gasteiger partial charge is 0.269 e. The maximum Gasteiger partial charge on any atom is 0.269 e. The summed E-state index contributed by atoms with van der Waals surface area (Å²) in [5.74, 6) is 0. The van der Waals surface area contributed by atoms with Crippen LogP contribution in [0.5, 0.6) is 0 Å². The lowest BCUT2D eigenvalue weighted by Crippen LogP contribution is -2.48. The summed E-state index contributed by atoms with van der Waals surface area (Å²) in [6.07, 6.45) is -0.300. The summed E-state index contributed by atoms with van der Waals surface area (Å²) < 4.78 is 0. The quantitative estimate of drug-likeness (QED) is 0.652. The molecule has 1 atom stereocenters. The third kappa shape index (κ3) is 3.65. The number of piperazine rings is 1. The van der Waals surface area contributed by atoms with Crippen molar-refractivity contribution in [3.05, 3.63) is 34.4 Å². The molecule has 6 nitrogen and oxygen atoms in total. The van der Waals surface area contributed by atoms with Crippen LogP contribution < -0.4 is 4.90 Å². The molecule has 1 fully saturated rings. The van der Waals surface area contributed by atoms with E-state index in [0.717, 1.165) is 31.9 Å². The van der Waals surface area contributed by atoms with Crippen molar-refractivity contribution in [3.63, 3.8) is 0 Å². The van der Waals surface area contributed by atoms with E-state index in [4.69, 9.17) is 0 Å². The molecule has 2 rings (SSSR count). The normalized spacial score (nSPS) is 18.3. The summed E-state index contributed by atoms with van der Waals surface area (Å²) in [5.41, 5.74) is 1.14. The highest BCUT2D eigenvalue weighted by Gasteiger charge is 2.18. The molecule has 1 N–H and O–H groups in total. The van der Waals surface area contributed by atoms with Gasteiger partial charge in [-0.3, -0.25) is 15.0 Å². The molecule has 1 heterocycles. The topological polar surface area (TPSA) is 69.8 Å². The van der Waals surface area contributed by atoms with Crippen LogP contribution in [-0.2, 0) is 0 Å². The molecule has 0 amide bonds. The van der Waals surface area contributed by atoms with E-state index in [9.17, 15) is 15.2 Å². The summed E-state index contributed by atoms with van der Waals surface area (Å²) in [5, 5.41) is 19.9.